The SMILES string of the molecule is COCc1cccc(C(=O)NCc2ccc(OC(C)C)cc2)c1. The summed E-state index contributed by atoms with van der Waals surface area (Å²) in [4.78, 5) is 12.2. The summed E-state index contributed by atoms with van der Waals surface area (Å²) in [5, 5.41) is 2.92. The standard InChI is InChI=1S/C19H23NO3/c1-14(2)23-18-9-7-15(8-10-18)12-20-19(21)17-6-4-5-16(11-17)13-22-3/h4-11,14H,12-13H2,1-3H3,(H,20,21). The van der Waals surface area contributed by atoms with Crippen molar-refractivity contribution in [2.75, 3.05) is 7.11 Å². The first-order chi connectivity index (χ1) is 11.1. The fourth-order valence-electron chi connectivity index (χ4n) is 2.21. The van der Waals surface area contributed by atoms with Crippen LogP contribution in [0.15, 0.2) is 48.5 Å². The van der Waals surface area contributed by atoms with E-state index in [1.54, 1.807) is 13.2 Å². The fraction of sp³-hybridized carbons (Fsp3) is 0.316. The van der Waals surface area contributed by atoms with Crippen molar-refractivity contribution in [3.05, 3.63) is 65.2 Å². The predicted octanol–water partition coefficient (Wildman–Crippen LogP) is 3.55. The first kappa shape index (κ1) is 17.0. The fourth-order valence-corrected chi connectivity index (χ4v) is 2.21. The van der Waals surface area contributed by atoms with Gasteiger partial charge in [-0.1, -0.05) is 24.3 Å². The molecule has 0 aliphatic heterocycles. The van der Waals surface area contributed by atoms with Gasteiger partial charge in [-0.2, -0.15) is 0 Å². The van der Waals surface area contributed by atoms with E-state index >= 15 is 0 Å². The van der Waals surface area contributed by atoms with Crippen molar-refractivity contribution in [1.29, 1.82) is 0 Å². The normalized spacial score (nSPS) is 10.6. The Morgan fingerprint density at radius 2 is 1.83 bits per heavy atom. The van der Waals surface area contributed by atoms with Gasteiger partial charge < -0.3 is 14.8 Å². The monoisotopic (exact) mass is 313 g/mol. The number of nitrogens with one attached hydrogen (secondary N) is 1. The summed E-state index contributed by atoms with van der Waals surface area (Å²) in [5.74, 6) is 0.743. The molecule has 0 fully saturated rings. The van der Waals surface area contributed by atoms with Gasteiger partial charge in [0.1, 0.15) is 5.75 Å². The van der Waals surface area contributed by atoms with Gasteiger partial charge in [0.2, 0.25) is 0 Å². The summed E-state index contributed by atoms with van der Waals surface area (Å²) in [6, 6.07) is 15.2. The number of ether oxygens (including phenoxy) is 2. The number of amides is 1. The van der Waals surface area contributed by atoms with Crippen LogP contribution in [0.4, 0.5) is 0 Å². The maximum atomic E-state index is 12.2. The zero-order valence-electron chi connectivity index (χ0n) is 13.8. The first-order valence-electron chi connectivity index (χ1n) is 7.70. The molecule has 0 aliphatic rings. The third-order valence-corrected chi connectivity index (χ3v) is 3.25. The second-order valence-corrected chi connectivity index (χ2v) is 5.63. The number of carbonyl (C=O) groups excluding carboxylic acids is 1. The van der Waals surface area contributed by atoms with Gasteiger partial charge in [0.05, 0.1) is 12.7 Å². The smallest absolute Gasteiger partial charge is 0.251 e. The number of rotatable bonds is 7. The van der Waals surface area contributed by atoms with Gasteiger partial charge in [-0.15, -0.1) is 0 Å². The minimum absolute atomic E-state index is 0.0922. The molecular formula is C19H23NO3. The van der Waals surface area contributed by atoms with Gasteiger partial charge in [0, 0.05) is 19.2 Å². The number of carbonyl (C=O) groups is 1. The lowest BCUT2D eigenvalue weighted by atomic mass is 10.1. The summed E-state index contributed by atoms with van der Waals surface area (Å²) in [5.41, 5.74) is 2.65. The van der Waals surface area contributed by atoms with Crippen molar-refractivity contribution in [3.8, 4) is 5.75 Å². The molecule has 0 heterocycles. The van der Waals surface area contributed by atoms with Crippen LogP contribution in [0.2, 0.25) is 0 Å². The molecule has 2 aromatic rings. The van der Waals surface area contributed by atoms with Gasteiger partial charge in [-0.3, -0.25) is 4.79 Å². The van der Waals surface area contributed by atoms with Crippen LogP contribution in [0, 0.1) is 0 Å². The molecule has 0 atom stereocenters. The van der Waals surface area contributed by atoms with E-state index in [0.29, 0.717) is 18.7 Å². The van der Waals surface area contributed by atoms with Gasteiger partial charge in [0.25, 0.3) is 5.91 Å². The van der Waals surface area contributed by atoms with Crippen LogP contribution in [0.5, 0.6) is 5.75 Å². The molecule has 4 heteroatoms. The van der Waals surface area contributed by atoms with Gasteiger partial charge in [-0.25, -0.2) is 0 Å². The second kappa shape index (κ2) is 8.34. The van der Waals surface area contributed by atoms with E-state index < -0.39 is 0 Å². The Hall–Kier alpha value is -2.33. The van der Waals surface area contributed by atoms with E-state index in [2.05, 4.69) is 5.32 Å². The molecule has 122 valence electrons. The van der Waals surface area contributed by atoms with Crippen LogP contribution in [0.1, 0.15) is 35.3 Å². The highest BCUT2D eigenvalue weighted by Crippen LogP contribution is 2.14. The van der Waals surface area contributed by atoms with Crippen LogP contribution >= 0.6 is 0 Å². The van der Waals surface area contributed by atoms with E-state index in [-0.39, 0.29) is 12.0 Å². The minimum atomic E-state index is -0.0922. The highest BCUT2D eigenvalue weighted by Gasteiger charge is 2.06. The Kier molecular flexibility index (Phi) is 6.18. The van der Waals surface area contributed by atoms with Gasteiger partial charge >= 0.3 is 0 Å². The Bertz CT molecular complexity index is 635. The Labute approximate surface area is 137 Å². The van der Waals surface area contributed by atoms with Gasteiger partial charge in [-0.05, 0) is 49.2 Å². The molecule has 0 radical (unpaired) electrons. The molecule has 23 heavy (non-hydrogen) atoms. The number of benzene rings is 2. The number of methoxy groups -OCH3 is 1. The van der Waals surface area contributed by atoms with Crippen molar-refractivity contribution in [1.82, 2.24) is 5.32 Å². The minimum Gasteiger partial charge on any atom is -0.491 e. The van der Waals surface area contributed by atoms with Crippen molar-refractivity contribution < 1.29 is 14.3 Å². The molecule has 1 N–H and O–H groups in total. The van der Waals surface area contributed by atoms with E-state index in [1.165, 1.54) is 0 Å². The lowest BCUT2D eigenvalue weighted by molar-refractivity contribution is 0.0950. The maximum Gasteiger partial charge on any atom is 0.251 e. The molecule has 2 rings (SSSR count). The van der Waals surface area contributed by atoms with Crippen LogP contribution in [0.3, 0.4) is 0 Å². The quantitative estimate of drug-likeness (QED) is 0.850. The molecule has 0 saturated carbocycles. The van der Waals surface area contributed by atoms with Gasteiger partial charge in [0.15, 0.2) is 0 Å². The molecule has 4 nitrogen and oxygen atoms in total. The molecule has 0 saturated heterocycles. The molecule has 1 amide bonds. The molecule has 0 unspecified atom stereocenters. The summed E-state index contributed by atoms with van der Waals surface area (Å²) >= 11 is 0. The summed E-state index contributed by atoms with van der Waals surface area (Å²) in [7, 11) is 1.64. The van der Waals surface area contributed by atoms with Crippen molar-refractivity contribution >= 4 is 5.91 Å². The molecule has 0 aliphatic carbocycles. The maximum absolute atomic E-state index is 12.2. The molecular weight excluding hydrogens is 290 g/mol. The van der Waals surface area contributed by atoms with Crippen LogP contribution in [-0.2, 0) is 17.9 Å². The predicted molar refractivity (Wildman–Crippen MR) is 90.5 cm³/mol. The van der Waals surface area contributed by atoms with Crippen LogP contribution < -0.4 is 10.1 Å². The van der Waals surface area contributed by atoms with Crippen molar-refractivity contribution in [3.63, 3.8) is 0 Å². The topological polar surface area (TPSA) is 47.6 Å². The highest BCUT2D eigenvalue weighted by atomic mass is 16.5. The molecule has 0 aromatic heterocycles. The largest absolute Gasteiger partial charge is 0.491 e. The third-order valence-electron chi connectivity index (χ3n) is 3.25. The lowest BCUT2D eigenvalue weighted by Crippen LogP contribution is -2.22. The average Bonchev–Trinajstić information content (AvgIpc) is 2.54. The lowest BCUT2D eigenvalue weighted by Gasteiger charge is -2.11. The second-order valence-electron chi connectivity index (χ2n) is 5.63. The number of hydrogen-bond donors (Lipinski definition) is 1. The first-order valence-corrected chi connectivity index (χ1v) is 7.70. The Morgan fingerprint density at radius 3 is 2.48 bits per heavy atom. The Balaban J connectivity index is 1.92. The van der Waals surface area contributed by atoms with Crippen LogP contribution in [-0.4, -0.2) is 19.1 Å². The van der Waals surface area contributed by atoms with Crippen molar-refractivity contribution in [2.24, 2.45) is 0 Å². The zero-order chi connectivity index (χ0) is 16.7. The van der Waals surface area contributed by atoms with E-state index in [0.717, 1.165) is 16.9 Å². The zero-order valence-corrected chi connectivity index (χ0v) is 13.8. The summed E-state index contributed by atoms with van der Waals surface area (Å²) < 4.78 is 10.7. The van der Waals surface area contributed by atoms with E-state index in [9.17, 15) is 4.79 Å². The summed E-state index contributed by atoms with van der Waals surface area (Å²) in [6.07, 6.45) is 0.153. The van der Waals surface area contributed by atoms with E-state index in [4.69, 9.17) is 9.47 Å². The molecule has 0 spiro atoms. The highest BCUT2D eigenvalue weighted by molar-refractivity contribution is 5.94. The third kappa shape index (κ3) is 5.42. The average molecular weight is 313 g/mol. The molecule has 0 bridgehead atoms. The van der Waals surface area contributed by atoms with Crippen molar-refractivity contribution in [2.45, 2.75) is 33.1 Å². The van der Waals surface area contributed by atoms with Crippen LogP contribution in [0.25, 0.3) is 0 Å². The van der Waals surface area contributed by atoms with E-state index in [1.807, 2.05) is 56.3 Å². The number of hydrogen-bond acceptors (Lipinski definition) is 3. The molecule has 2 aromatic carbocycles. The Morgan fingerprint density at radius 1 is 1.09 bits per heavy atom. The summed E-state index contributed by atoms with van der Waals surface area (Å²) in [6.45, 7) is 4.96.